The molecule has 1 saturated heterocycles. The maximum atomic E-state index is 11.2. The molecule has 0 spiro atoms. The third-order valence-electron chi connectivity index (χ3n) is 4.46. The quantitative estimate of drug-likeness (QED) is 0.707. The Bertz CT molecular complexity index is 564. The second-order valence-corrected chi connectivity index (χ2v) is 8.09. The van der Waals surface area contributed by atoms with Crippen molar-refractivity contribution in [1.82, 2.24) is 10.6 Å². The zero-order chi connectivity index (χ0) is 16.7. The second kappa shape index (κ2) is 8.78. The fourth-order valence-electron chi connectivity index (χ4n) is 3.12. The van der Waals surface area contributed by atoms with Crippen LogP contribution in [0.1, 0.15) is 44.6 Å². The van der Waals surface area contributed by atoms with Crippen LogP contribution in [0.3, 0.4) is 0 Å². The highest BCUT2D eigenvalue weighted by atomic mass is 32.2. The molecule has 2 rings (SSSR count). The Labute approximate surface area is 140 Å². The highest BCUT2D eigenvalue weighted by molar-refractivity contribution is 7.89. The van der Waals surface area contributed by atoms with E-state index in [4.69, 9.17) is 5.14 Å². The van der Waals surface area contributed by atoms with Crippen LogP contribution in [0.2, 0.25) is 0 Å². The van der Waals surface area contributed by atoms with Gasteiger partial charge in [0.25, 0.3) is 0 Å². The minimum Gasteiger partial charge on any atom is -0.314 e. The van der Waals surface area contributed by atoms with Gasteiger partial charge in [-0.2, -0.15) is 0 Å². The van der Waals surface area contributed by atoms with E-state index in [0.717, 1.165) is 31.5 Å². The first-order valence-corrected chi connectivity index (χ1v) is 10.1. The van der Waals surface area contributed by atoms with Crippen molar-refractivity contribution in [2.45, 2.75) is 62.4 Å². The van der Waals surface area contributed by atoms with Gasteiger partial charge in [-0.05, 0) is 63.4 Å². The van der Waals surface area contributed by atoms with E-state index in [-0.39, 0.29) is 4.90 Å². The van der Waals surface area contributed by atoms with Crippen molar-refractivity contribution in [3.8, 4) is 0 Å². The molecular formula is C17H29N3O2S. The van der Waals surface area contributed by atoms with E-state index in [0.29, 0.717) is 12.1 Å². The Morgan fingerprint density at radius 3 is 2.70 bits per heavy atom. The van der Waals surface area contributed by atoms with E-state index in [1.54, 1.807) is 12.1 Å². The lowest BCUT2D eigenvalue weighted by Gasteiger charge is -2.21. The average Bonchev–Trinajstić information content (AvgIpc) is 2.75. The van der Waals surface area contributed by atoms with Crippen molar-refractivity contribution < 1.29 is 8.42 Å². The molecule has 1 fully saturated rings. The molecule has 2 unspecified atom stereocenters. The lowest BCUT2D eigenvalue weighted by molar-refractivity contribution is 0.405. The van der Waals surface area contributed by atoms with Crippen molar-refractivity contribution in [3.63, 3.8) is 0 Å². The first-order valence-electron chi connectivity index (χ1n) is 8.53. The van der Waals surface area contributed by atoms with E-state index in [2.05, 4.69) is 17.6 Å². The fraction of sp³-hybridized carbons (Fsp3) is 0.647. The van der Waals surface area contributed by atoms with Gasteiger partial charge in [-0.15, -0.1) is 0 Å². The predicted molar refractivity (Wildman–Crippen MR) is 93.9 cm³/mol. The van der Waals surface area contributed by atoms with Gasteiger partial charge in [0.2, 0.25) is 10.0 Å². The lowest BCUT2D eigenvalue weighted by atomic mass is 10.0. The molecule has 0 aliphatic carbocycles. The lowest BCUT2D eigenvalue weighted by Crippen LogP contribution is -2.37. The number of hydrogen-bond acceptors (Lipinski definition) is 4. The summed E-state index contributed by atoms with van der Waals surface area (Å²) in [5.74, 6) is 0. The Morgan fingerprint density at radius 1 is 1.26 bits per heavy atom. The minimum absolute atomic E-state index is 0.169. The van der Waals surface area contributed by atoms with Crippen molar-refractivity contribution in [2.75, 3.05) is 13.1 Å². The Balaban J connectivity index is 1.71. The molecule has 0 aromatic heterocycles. The molecule has 0 bridgehead atoms. The van der Waals surface area contributed by atoms with Gasteiger partial charge in [-0.3, -0.25) is 0 Å². The van der Waals surface area contributed by atoms with Gasteiger partial charge >= 0.3 is 0 Å². The van der Waals surface area contributed by atoms with Crippen molar-refractivity contribution in [1.29, 1.82) is 0 Å². The second-order valence-electron chi connectivity index (χ2n) is 6.53. The van der Waals surface area contributed by atoms with Gasteiger partial charge in [0.1, 0.15) is 0 Å². The topological polar surface area (TPSA) is 84.2 Å². The Morgan fingerprint density at radius 2 is 2.00 bits per heavy atom. The summed E-state index contributed by atoms with van der Waals surface area (Å²) in [6, 6.07) is 7.92. The van der Waals surface area contributed by atoms with E-state index in [1.165, 1.54) is 25.7 Å². The van der Waals surface area contributed by atoms with E-state index in [9.17, 15) is 8.42 Å². The first-order chi connectivity index (χ1) is 10.9. The normalized spacial score (nSPS) is 20.9. The summed E-state index contributed by atoms with van der Waals surface area (Å²) in [4.78, 5) is 0.169. The first kappa shape index (κ1) is 18.4. The number of sulfonamides is 1. The third kappa shape index (κ3) is 6.59. The molecule has 4 N–H and O–H groups in total. The number of hydrogen-bond donors (Lipinski definition) is 3. The zero-order valence-corrected chi connectivity index (χ0v) is 14.7. The van der Waals surface area contributed by atoms with Gasteiger partial charge in [0.15, 0.2) is 0 Å². The average molecular weight is 340 g/mol. The number of nitrogens with two attached hydrogens (primary N) is 1. The largest absolute Gasteiger partial charge is 0.314 e. The van der Waals surface area contributed by atoms with Crippen LogP contribution in [0.4, 0.5) is 0 Å². The van der Waals surface area contributed by atoms with Gasteiger partial charge in [0, 0.05) is 12.1 Å². The highest BCUT2D eigenvalue weighted by Gasteiger charge is 2.14. The molecule has 1 aromatic carbocycles. The number of primary sulfonamides is 1. The van der Waals surface area contributed by atoms with Gasteiger partial charge in [0.05, 0.1) is 4.90 Å². The monoisotopic (exact) mass is 339 g/mol. The molecule has 1 aromatic rings. The Kier molecular flexibility index (Phi) is 7.02. The number of rotatable bonds is 7. The molecule has 0 radical (unpaired) electrons. The molecule has 23 heavy (non-hydrogen) atoms. The predicted octanol–water partition coefficient (Wildman–Crippen LogP) is 1.78. The van der Waals surface area contributed by atoms with E-state index in [1.807, 2.05) is 12.1 Å². The van der Waals surface area contributed by atoms with Crippen LogP contribution in [-0.4, -0.2) is 33.6 Å². The maximum Gasteiger partial charge on any atom is 0.238 e. The molecule has 130 valence electrons. The van der Waals surface area contributed by atoms with E-state index < -0.39 is 10.0 Å². The summed E-state index contributed by atoms with van der Waals surface area (Å²) in [7, 11) is -3.60. The summed E-state index contributed by atoms with van der Waals surface area (Å²) < 4.78 is 22.4. The molecular weight excluding hydrogens is 310 g/mol. The van der Waals surface area contributed by atoms with Crippen molar-refractivity contribution in [3.05, 3.63) is 29.8 Å². The zero-order valence-electron chi connectivity index (χ0n) is 13.9. The smallest absolute Gasteiger partial charge is 0.238 e. The summed E-state index contributed by atoms with van der Waals surface area (Å²) in [5, 5.41) is 12.3. The van der Waals surface area contributed by atoms with Crippen LogP contribution >= 0.6 is 0 Å². The molecule has 5 nitrogen and oxygen atoms in total. The summed E-state index contributed by atoms with van der Waals surface area (Å²) in [6.07, 6.45) is 7.30. The number of benzene rings is 1. The summed E-state index contributed by atoms with van der Waals surface area (Å²) in [6.45, 7) is 4.27. The van der Waals surface area contributed by atoms with Crippen LogP contribution in [-0.2, 0) is 16.4 Å². The van der Waals surface area contributed by atoms with Crippen LogP contribution in [0.5, 0.6) is 0 Å². The van der Waals surface area contributed by atoms with Crippen LogP contribution in [0.15, 0.2) is 29.2 Å². The van der Waals surface area contributed by atoms with E-state index >= 15 is 0 Å². The van der Waals surface area contributed by atoms with Gasteiger partial charge in [-0.1, -0.05) is 25.0 Å². The van der Waals surface area contributed by atoms with Crippen LogP contribution < -0.4 is 15.8 Å². The minimum atomic E-state index is -3.60. The van der Waals surface area contributed by atoms with Crippen LogP contribution in [0.25, 0.3) is 0 Å². The SMILES string of the molecule is CC(CC1CCCCCN1)NCCc1ccc(S(N)(=O)=O)cc1. The molecule has 1 aliphatic rings. The summed E-state index contributed by atoms with van der Waals surface area (Å²) in [5.41, 5.74) is 1.12. The van der Waals surface area contributed by atoms with Crippen molar-refractivity contribution in [2.24, 2.45) is 5.14 Å². The van der Waals surface area contributed by atoms with Crippen molar-refractivity contribution >= 4 is 10.0 Å². The molecule has 0 saturated carbocycles. The third-order valence-corrected chi connectivity index (χ3v) is 5.39. The van der Waals surface area contributed by atoms with Gasteiger partial charge < -0.3 is 10.6 Å². The molecule has 0 amide bonds. The molecule has 1 aliphatic heterocycles. The molecule has 2 atom stereocenters. The van der Waals surface area contributed by atoms with Gasteiger partial charge in [-0.25, -0.2) is 13.6 Å². The summed E-state index contributed by atoms with van der Waals surface area (Å²) >= 11 is 0. The highest BCUT2D eigenvalue weighted by Crippen LogP contribution is 2.13. The molecule has 6 heteroatoms. The fourth-order valence-corrected chi connectivity index (χ4v) is 3.64. The standard InChI is InChI=1S/C17H29N3O2S/c1-14(13-16-5-3-2-4-11-20-16)19-12-10-15-6-8-17(9-7-15)23(18,21)22/h6-9,14,16,19-20H,2-5,10-13H2,1H3,(H2,18,21,22). The van der Waals surface area contributed by atoms with Crippen LogP contribution in [0, 0.1) is 0 Å². The number of nitrogens with one attached hydrogen (secondary N) is 2. The molecule has 1 heterocycles. The maximum absolute atomic E-state index is 11.2. The Hall–Kier alpha value is -0.950.